The fourth-order valence-corrected chi connectivity index (χ4v) is 3.69. The number of carbonyl (C=O) groups excluding carboxylic acids is 4. The molecule has 4 aromatic rings. The summed E-state index contributed by atoms with van der Waals surface area (Å²) in [5.41, 5.74) is 2.03. The van der Waals surface area contributed by atoms with E-state index in [4.69, 9.17) is 18.9 Å². The number of ether oxygens (including phenoxy) is 4. The molecule has 4 heterocycles. The van der Waals surface area contributed by atoms with Crippen LogP contribution in [0.2, 0.25) is 0 Å². The largest absolute Gasteiger partial charge is 0.465 e. The molecule has 12 nitrogen and oxygen atoms in total. The van der Waals surface area contributed by atoms with E-state index in [9.17, 15) is 19.2 Å². The first-order chi connectivity index (χ1) is 19.3. The Kier molecular flexibility index (Phi) is 8.19. The van der Waals surface area contributed by atoms with Crippen LogP contribution in [0.15, 0.2) is 60.9 Å². The van der Waals surface area contributed by atoms with E-state index in [0.717, 1.165) is 0 Å². The van der Waals surface area contributed by atoms with Gasteiger partial charge in [0.25, 0.3) is 0 Å². The van der Waals surface area contributed by atoms with Crippen molar-refractivity contribution < 1.29 is 38.1 Å². The monoisotopic (exact) mass is 542 g/mol. The minimum absolute atomic E-state index is 0.116. The Balaban J connectivity index is 1.93. The maximum absolute atomic E-state index is 12.5. The van der Waals surface area contributed by atoms with E-state index in [2.05, 4.69) is 19.9 Å². The first-order valence-corrected chi connectivity index (χ1v) is 11.6. The molecule has 0 unspecified atom stereocenters. The van der Waals surface area contributed by atoms with E-state index < -0.39 is 23.9 Å². The number of aromatic nitrogens is 4. The number of carbonyl (C=O) groups is 4. The van der Waals surface area contributed by atoms with Gasteiger partial charge in [0.2, 0.25) is 0 Å². The highest BCUT2D eigenvalue weighted by Crippen LogP contribution is 2.28. The normalized spacial score (nSPS) is 10.4. The van der Waals surface area contributed by atoms with E-state index >= 15 is 0 Å². The third-order valence-electron chi connectivity index (χ3n) is 5.64. The molecule has 0 aromatic carbocycles. The van der Waals surface area contributed by atoms with Gasteiger partial charge in [-0.1, -0.05) is 0 Å². The molecule has 0 N–H and O–H groups in total. The van der Waals surface area contributed by atoms with Crippen molar-refractivity contribution in [2.45, 2.75) is 0 Å². The number of methoxy groups -OCH3 is 4. The Hall–Kier alpha value is -5.52. The van der Waals surface area contributed by atoms with Crippen molar-refractivity contribution in [3.8, 4) is 34.2 Å². The minimum atomic E-state index is -0.661. The zero-order valence-electron chi connectivity index (χ0n) is 21.8. The van der Waals surface area contributed by atoms with Crippen molar-refractivity contribution in [3.05, 3.63) is 83.2 Å². The van der Waals surface area contributed by atoms with Crippen LogP contribution in [0.25, 0.3) is 34.2 Å². The van der Waals surface area contributed by atoms with Gasteiger partial charge >= 0.3 is 23.9 Å². The molecule has 0 aliphatic rings. The zero-order valence-corrected chi connectivity index (χ0v) is 21.8. The molecule has 40 heavy (non-hydrogen) atoms. The van der Waals surface area contributed by atoms with Crippen LogP contribution in [0.3, 0.4) is 0 Å². The van der Waals surface area contributed by atoms with Crippen molar-refractivity contribution in [1.82, 2.24) is 19.9 Å². The van der Waals surface area contributed by atoms with Gasteiger partial charge in [0.05, 0.1) is 84.9 Å². The molecular formula is C28H22N4O8. The van der Waals surface area contributed by atoms with Crippen molar-refractivity contribution >= 4 is 23.9 Å². The van der Waals surface area contributed by atoms with Crippen LogP contribution in [-0.4, -0.2) is 72.3 Å². The van der Waals surface area contributed by atoms with Crippen molar-refractivity contribution in [1.29, 1.82) is 0 Å². The first-order valence-electron chi connectivity index (χ1n) is 11.6. The number of pyridine rings is 4. The first kappa shape index (κ1) is 27.5. The zero-order chi connectivity index (χ0) is 28.8. The Labute approximate surface area is 228 Å². The predicted molar refractivity (Wildman–Crippen MR) is 139 cm³/mol. The van der Waals surface area contributed by atoms with Crippen LogP contribution < -0.4 is 0 Å². The predicted octanol–water partition coefficient (Wildman–Crippen LogP) is 3.41. The summed E-state index contributed by atoms with van der Waals surface area (Å²) in [6.45, 7) is 0. The highest BCUT2D eigenvalue weighted by molar-refractivity contribution is 5.95. The van der Waals surface area contributed by atoms with Gasteiger partial charge in [0.1, 0.15) is 0 Å². The molecule has 0 bridgehead atoms. The van der Waals surface area contributed by atoms with Gasteiger partial charge in [0.15, 0.2) is 0 Å². The van der Waals surface area contributed by atoms with Gasteiger partial charge in [-0.05, 0) is 48.5 Å². The van der Waals surface area contributed by atoms with E-state index in [1.165, 1.54) is 89.4 Å². The summed E-state index contributed by atoms with van der Waals surface area (Å²) in [6, 6.07) is 11.6. The molecule has 0 aliphatic heterocycles. The number of hydrogen-bond acceptors (Lipinski definition) is 12. The lowest BCUT2D eigenvalue weighted by molar-refractivity contribution is 0.0591. The van der Waals surface area contributed by atoms with E-state index in [-0.39, 0.29) is 56.4 Å². The number of esters is 4. The van der Waals surface area contributed by atoms with Crippen LogP contribution in [0.5, 0.6) is 0 Å². The van der Waals surface area contributed by atoms with Crippen LogP contribution in [-0.2, 0) is 18.9 Å². The highest BCUT2D eigenvalue weighted by Gasteiger charge is 2.19. The van der Waals surface area contributed by atoms with Crippen LogP contribution in [0.4, 0.5) is 0 Å². The summed E-state index contributed by atoms with van der Waals surface area (Å²) < 4.78 is 19.4. The van der Waals surface area contributed by atoms with Gasteiger partial charge in [-0.3, -0.25) is 9.97 Å². The molecule has 202 valence electrons. The molecule has 0 radical (unpaired) electrons. The maximum Gasteiger partial charge on any atom is 0.338 e. The summed E-state index contributed by atoms with van der Waals surface area (Å²) in [5, 5.41) is 0. The number of rotatable bonds is 7. The van der Waals surface area contributed by atoms with Crippen molar-refractivity contribution in [2.24, 2.45) is 0 Å². The lowest BCUT2D eigenvalue weighted by Gasteiger charge is -2.11. The quantitative estimate of drug-likeness (QED) is 0.248. The van der Waals surface area contributed by atoms with Crippen molar-refractivity contribution in [2.75, 3.05) is 28.4 Å². The Morgan fingerprint density at radius 3 is 1.05 bits per heavy atom. The van der Waals surface area contributed by atoms with E-state index in [0.29, 0.717) is 0 Å². The summed E-state index contributed by atoms with van der Waals surface area (Å²) >= 11 is 0. The second-order valence-corrected chi connectivity index (χ2v) is 8.08. The Morgan fingerprint density at radius 1 is 0.450 bits per heavy atom. The van der Waals surface area contributed by atoms with E-state index in [1.54, 1.807) is 0 Å². The molecule has 4 rings (SSSR count). The second-order valence-electron chi connectivity index (χ2n) is 8.08. The standard InChI is InChI=1S/C28H22N4O8/c1-37-25(33)15-5-7-29-19(9-15)21-11-17(27(35)39-3)13-23(31-21)24-14-18(28(36)40-4)12-22(32-24)20-10-16(6-8-30-20)26(34)38-2/h5-14H,1-4H3. The molecule has 0 aliphatic carbocycles. The molecule has 12 heteroatoms. The van der Waals surface area contributed by atoms with Gasteiger partial charge in [0, 0.05) is 12.4 Å². The fraction of sp³-hybridized carbons (Fsp3) is 0.143. The molecular weight excluding hydrogens is 520 g/mol. The minimum Gasteiger partial charge on any atom is -0.465 e. The average molecular weight is 543 g/mol. The average Bonchev–Trinajstić information content (AvgIpc) is 3.02. The fourth-order valence-electron chi connectivity index (χ4n) is 3.69. The second kappa shape index (κ2) is 11.9. The Bertz CT molecular complexity index is 1520. The molecule has 0 spiro atoms. The molecule has 0 saturated heterocycles. The SMILES string of the molecule is COC(=O)c1ccnc(-c2cc(C(=O)OC)cc(-c3cc(C(=O)OC)cc(-c4cc(C(=O)OC)ccn4)n3)n2)c1. The molecule has 0 atom stereocenters. The molecule has 0 fully saturated rings. The number of nitrogens with zero attached hydrogens (tertiary/aromatic N) is 4. The smallest absolute Gasteiger partial charge is 0.338 e. The van der Waals surface area contributed by atoms with Crippen molar-refractivity contribution in [3.63, 3.8) is 0 Å². The van der Waals surface area contributed by atoms with Crippen LogP contribution in [0.1, 0.15) is 41.4 Å². The topological polar surface area (TPSA) is 157 Å². The lowest BCUT2D eigenvalue weighted by atomic mass is 10.1. The summed E-state index contributed by atoms with van der Waals surface area (Å²) in [6.07, 6.45) is 2.81. The third kappa shape index (κ3) is 5.80. The summed E-state index contributed by atoms with van der Waals surface area (Å²) in [7, 11) is 4.97. The van der Waals surface area contributed by atoms with Gasteiger partial charge < -0.3 is 18.9 Å². The molecule has 4 aromatic heterocycles. The third-order valence-corrected chi connectivity index (χ3v) is 5.64. The van der Waals surface area contributed by atoms with Crippen LogP contribution >= 0.6 is 0 Å². The lowest BCUT2D eigenvalue weighted by Crippen LogP contribution is -2.07. The van der Waals surface area contributed by atoms with Gasteiger partial charge in [-0.15, -0.1) is 0 Å². The highest BCUT2D eigenvalue weighted by atomic mass is 16.5. The number of hydrogen-bond donors (Lipinski definition) is 0. The van der Waals surface area contributed by atoms with Gasteiger partial charge in [-0.25, -0.2) is 29.1 Å². The Morgan fingerprint density at radius 2 is 0.725 bits per heavy atom. The van der Waals surface area contributed by atoms with E-state index in [1.807, 2.05) is 0 Å². The van der Waals surface area contributed by atoms with Gasteiger partial charge in [-0.2, -0.15) is 0 Å². The summed E-state index contributed by atoms with van der Waals surface area (Å²) in [4.78, 5) is 67.0. The summed E-state index contributed by atoms with van der Waals surface area (Å²) in [5.74, 6) is -2.48. The molecule has 0 amide bonds. The van der Waals surface area contributed by atoms with Crippen LogP contribution in [0, 0.1) is 0 Å². The molecule has 0 saturated carbocycles. The maximum atomic E-state index is 12.5.